The number of urea groups is 1. The fraction of sp³-hybridized carbons (Fsp3) is 0.238. The van der Waals surface area contributed by atoms with E-state index in [1.807, 2.05) is 37.3 Å². The minimum atomic E-state index is -0.991. The molecular formula is C21H19F2N3O2. The van der Waals surface area contributed by atoms with Crippen LogP contribution in [0.4, 0.5) is 19.3 Å². The largest absolute Gasteiger partial charge is 0.356 e. The molecule has 0 saturated heterocycles. The third-order valence-electron chi connectivity index (χ3n) is 4.98. The Kier molecular flexibility index (Phi) is 4.58. The van der Waals surface area contributed by atoms with E-state index in [-0.39, 0.29) is 23.3 Å². The topological polar surface area (TPSA) is 58.4 Å². The molecule has 7 heteroatoms. The number of hydrogen-bond donors (Lipinski definition) is 1. The van der Waals surface area contributed by atoms with E-state index in [0.29, 0.717) is 18.7 Å². The maximum Gasteiger partial charge on any atom is 0.322 e. The van der Waals surface area contributed by atoms with Crippen LogP contribution in [0.1, 0.15) is 23.7 Å². The van der Waals surface area contributed by atoms with Crippen LogP contribution in [0.2, 0.25) is 0 Å². The Balaban J connectivity index is 1.59. The van der Waals surface area contributed by atoms with Crippen molar-refractivity contribution in [3.8, 4) is 11.3 Å². The van der Waals surface area contributed by atoms with E-state index in [9.17, 15) is 13.6 Å². The summed E-state index contributed by atoms with van der Waals surface area (Å²) in [5, 5.41) is 6.83. The maximum absolute atomic E-state index is 13.6. The van der Waals surface area contributed by atoms with Crippen LogP contribution in [-0.2, 0) is 13.0 Å². The van der Waals surface area contributed by atoms with Crippen LogP contribution in [-0.4, -0.2) is 22.1 Å². The lowest BCUT2D eigenvalue weighted by molar-refractivity contribution is 0.182. The molecule has 0 aliphatic carbocycles. The Bertz CT molecular complexity index is 1010. The van der Waals surface area contributed by atoms with Gasteiger partial charge in [0.15, 0.2) is 17.4 Å². The Morgan fingerprint density at radius 2 is 2.00 bits per heavy atom. The van der Waals surface area contributed by atoms with Gasteiger partial charge in [-0.2, -0.15) is 0 Å². The number of aromatic nitrogens is 1. The molecule has 0 fully saturated rings. The summed E-state index contributed by atoms with van der Waals surface area (Å²) in [6.07, 6.45) is 0.551. The molecule has 1 atom stereocenters. The number of amides is 2. The van der Waals surface area contributed by atoms with E-state index in [4.69, 9.17) is 4.52 Å². The smallest absolute Gasteiger partial charge is 0.322 e. The number of halogens is 2. The normalized spacial score (nSPS) is 16.0. The fourth-order valence-corrected chi connectivity index (χ4v) is 3.46. The number of nitrogens with one attached hydrogen (secondary N) is 1. The molecule has 5 nitrogen and oxygen atoms in total. The predicted octanol–water partition coefficient (Wildman–Crippen LogP) is 4.91. The van der Waals surface area contributed by atoms with Gasteiger partial charge in [-0.25, -0.2) is 13.6 Å². The predicted molar refractivity (Wildman–Crippen MR) is 101 cm³/mol. The number of fused-ring (bicyclic) bond motifs is 1. The second-order valence-electron chi connectivity index (χ2n) is 7.00. The minimum Gasteiger partial charge on any atom is -0.356 e. The van der Waals surface area contributed by atoms with Crippen molar-refractivity contribution in [1.82, 2.24) is 10.1 Å². The SMILES string of the molecule is Cc1cc(NC(=O)N2Cc3c(noc3-c3ccccc3)C[C@@H]2C)cc(F)c1F. The lowest BCUT2D eigenvalue weighted by Gasteiger charge is -2.32. The molecule has 2 heterocycles. The first-order valence-corrected chi connectivity index (χ1v) is 9.00. The first-order chi connectivity index (χ1) is 13.4. The van der Waals surface area contributed by atoms with Crippen molar-refractivity contribution in [2.24, 2.45) is 0 Å². The number of nitrogens with zero attached hydrogens (tertiary/aromatic N) is 2. The average molecular weight is 383 g/mol. The number of hydrogen-bond acceptors (Lipinski definition) is 3. The van der Waals surface area contributed by atoms with Gasteiger partial charge in [-0.1, -0.05) is 35.5 Å². The minimum absolute atomic E-state index is 0.118. The van der Waals surface area contributed by atoms with Crippen molar-refractivity contribution in [2.45, 2.75) is 32.9 Å². The van der Waals surface area contributed by atoms with Crippen LogP contribution in [0.25, 0.3) is 11.3 Å². The van der Waals surface area contributed by atoms with Crippen LogP contribution in [0, 0.1) is 18.6 Å². The second-order valence-corrected chi connectivity index (χ2v) is 7.00. The highest BCUT2D eigenvalue weighted by Gasteiger charge is 2.32. The third-order valence-corrected chi connectivity index (χ3v) is 4.98. The number of benzene rings is 2. The van der Waals surface area contributed by atoms with Crippen molar-refractivity contribution < 1.29 is 18.1 Å². The van der Waals surface area contributed by atoms with Crippen molar-refractivity contribution >= 4 is 11.7 Å². The van der Waals surface area contributed by atoms with Gasteiger partial charge in [-0.3, -0.25) is 0 Å². The summed E-state index contributed by atoms with van der Waals surface area (Å²) >= 11 is 0. The van der Waals surface area contributed by atoms with Gasteiger partial charge in [0, 0.05) is 35.3 Å². The van der Waals surface area contributed by atoms with E-state index >= 15 is 0 Å². The standard InChI is InChI=1S/C21H19F2N3O2/c1-12-8-15(10-17(22)19(12)23)24-21(27)26-11-16-18(9-13(26)2)25-28-20(16)14-6-4-3-5-7-14/h3-8,10,13H,9,11H2,1-2H3,(H,24,27)/t13-/m0/s1. The quantitative estimate of drug-likeness (QED) is 0.684. The summed E-state index contributed by atoms with van der Waals surface area (Å²) < 4.78 is 32.7. The Labute approximate surface area is 160 Å². The van der Waals surface area contributed by atoms with Crippen LogP contribution in [0.15, 0.2) is 47.0 Å². The summed E-state index contributed by atoms with van der Waals surface area (Å²) in [6, 6.07) is 11.5. The number of carbonyl (C=O) groups is 1. The lowest BCUT2D eigenvalue weighted by Crippen LogP contribution is -2.44. The molecule has 2 aromatic carbocycles. The molecule has 0 saturated carbocycles. The summed E-state index contributed by atoms with van der Waals surface area (Å²) in [5.41, 5.74) is 2.94. The van der Waals surface area contributed by atoms with E-state index in [2.05, 4.69) is 10.5 Å². The zero-order chi connectivity index (χ0) is 19.8. The van der Waals surface area contributed by atoms with Crippen molar-refractivity contribution in [3.63, 3.8) is 0 Å². The average Bonchev–Trinajstić information content (AvgIpc) is 3.08. The van der Waals surface area contributed by atoms with Crippen LogP contribution in [0.3, 0.4) is 0 Å². The molecule has 1 aromatic heterocycles. The van der Waals surface area contributed by atoms with E-state index in [1.54, 1.807) is 4.90 Å². The van der Waals surface area contributed by atoms with Gasteiger partial charge in [0.1, 0.15) is 0 Å². The van der Waals surface area contributed by atoms with E-state index in [1.165, 1.54) is 13.0 Å². The number of aryl methyl sites for hydroxylation is 1. The first-order valence-electron chi connectivity index (χ1n) is 9.00. The molecule has 144 valence electrons. The lowest BCUT2D eigenvalue weighted by atomic mass is 9.98. The van der Waals surface area contributed by atoms with Gasteiger partial charge in [-0.15, -0.1) is 0 Å². The van der Waals surface area contributed by atoms with Crippen molar-refractivity contribution in [1.29, 1.82) is 0 Å². The van der Waals surface area contributed by atoms with Crippen LogP contribution >= 0.6 is 0 Å². The maximum atomic E-state index is 13.6. The number of anilines is 1. The highest BCUT2D eigenvalue weighted by molar-refractivity contribution is 5.90. The van der Waals surface area contributed by atoms with E-state index in [0.717, 1.165) is 22.9 Å². The summed E-state index contributed by atoms with van der Waals surface area (Å²) in [5.74, 6) is -1.26. The second kappa shape index (κ2) is 7.07. The monoisotopic (exact) mass is 383 g/mol. The van der Waals surface area contributed by atoms with Crippen LogP contribution < -0.4 is 5.32 Å². The molecule has 0 spiro atoms. The van der Waals surface area contributed by atoms with E-state index < -0.39 is 11.6 Å². The van der Waals surface area contributed by atoms with Crippen molar-refractivity contribution in [3.05, 3.63) is 70.9 Å². The molecular weight excluding hydrogens is 364 g/mol. The highest BCUT2D eigenvalue weighted by atomic mass is 19.2. The molecule has 1 aliphatic rings. The molecule has 2 amide bonds. The molecule has 0 radical (unpaired) electrons. The van der Waals surface area contributed by atoms with Crippen LogP contribution in [0.5, 0.6) is 0 Å². The molecule has 1 aliphatic heterocycles. The van der Waals surface area contributed by atoms with Gasteiger partial charge in [0.05, 0.1) is 12.2 Å². The van der Waals surface area contributed by atoms with Gasteiger partial charge >= 0.3 is 6.03 Å². The zero-order valence-corrected chi connectivity index (χ0v) is 15.5. The molecule has 3 aromatic rings. The van der Waals surface area contributed by atoms with Crippen molar-refractivity contribution in [2.75, 3.05) is 5.32 Å². The fourth-order valence-electron chi connectivity index (χ4n) is 3.46. The molecule has 1 N–H and O–H groups in total. The Morgan fingerprint density at radius 3 is 2.71 bits per heavy atom. The zero-order valence-electron chi connectivity index (χ0n) is 15.5. The summed E-state index contributed by atoms with van der Waals surface area (Å²) in [7, 11) is 0. The molecule has 0 unspecified atom stereocenters. The molecule has 4 rings (SSSR count). The third kappa shape index (κ3) is 3.24. The molecule has 0 bridgehead atoms. The first kappa shape index (κ1) is 18.2. The highest BCUT2D eigenvalue weighted by Crippen LogP contribution is 2.32. The Hall–Kier alpha value is -3.22. The molecule has 28 heavy (non-hydrogen) atoms. The van der Waals surface area contributed by atoms with Gasteiger partial charge in [0.2, 0.25) is 0 Å². The van der Waals surface area contributed by atoms with Gasteiger partial charge in [-0.05, 0) is 25.5 Å². The number of rotatable bonds is 2. The van der Waals surface area contributed by atoms with Gasteiger partial charge < -0.3 is 14.7 Å². The number of carbonyl (C=O) groups excluding carboxylic acids is 1. The summed E-state index contributed by atoms with van der Waals surface area (Å²) in [6.45, 7) is 3.68. The van der Waals surface area contributed by atoms with Gasteiger partial charge in [0.25, 0.3) is 0 Å². The summed E-state index contributed by atoms with van der Waals surface area (Å²) in [4.78, 5) is 14.5. The Morgan fingerprint density at radius 1 is 1.25 bits per heavy atom.